The first-order valence-electron chi connectivity index (χ1n) is 18.6. The zero-order valence-corrected chi connectivity index (χ0v) is 30.2. The maximum atomic E-state index is 13.1. The molecule has 3 fully saturated rings. The van der Waals surface area contributed by atoms with Gasteiger partial charge in [-0.2, -0.15) is 0 Å². The number of carbonyl (C=O) groups is 3. The van der Waals surface area contributed by atoms with Gasteiger partial charge in [-0.15, -0.1) is 5.10 Å². The van der Waals surface area contributed by atoms with E-state index >= 15 is 0 Å². The van der Waals surface area contributed by atoms with Crippen LogP contribution in [-0.4, -0.2) is 81.9 Å². The van der Waals surface area contributed by atoms with Gasteiger partial charge in [-0.05, 0) is 80.5 Å². The Morgan fingerprint density at radius 2 is 1.80 bits per heavy atom. The molecule has 3 atom stereocenters. The number of imidazole rings is 1. The fraction of sp³-hybridized carbons (Fsp3) is 0.375. The molecule has 5 aromatic rings. The number of pyridine rings is 1. The second-order valence-corrected chi connectivity index (χ2v) is 14.5. The molecule has 3 saturated heterocycles. The lowest BCUT2D eigenvalue weighted by molar-refractivity contribution is -0.135. The lowest BCUT2D eigenvalue weighted by Crippen LogP contribution is -2.44. The molecule has 8 rings (SSSR count). The topological polar surface area (TPSA) is 160 Å². The number of ketones is 1. The molecule has 1 unspecified atom stereocenters. The number of benzene rings is 2. The van der Waals surface area contributed by atoms with Crippen LogP contribution in [0.15, 0.2) is 83.9 Å². The Balaban J connectivity index is 0.801. The number of allylic oxidation sites excluding steroid dienone is 1. The molecule has 6 heterocycles. The van der Waals surface area contributed by atoms with Crippen molar-refractivity contribution < 1.29 is 19.5 Å². The Hall–Kier alpha value is -6.05. The van der Waals surface area contributed by atoms with E-state index in [-0.39, 0.29) is 29.6 Å². The number of amides is 2. The second-order valence-electron chi connectivity index (χ2n) is 14.5. The average Bonchev–Trinajstić information content (AvgIpc) is 3.95. The highest BCUT2D eigenvalue weighted by Crippen LogP contribution is 2.34. The first-order valence-corrected chi connectivity index (χ1v) is 18.6. The zero-order valence-electron chi connectivity index (χ0n) is 30.2. The molecule has 0 saturated carbocycles. The maximum Gasteiger partial charge on any atom is 0.329 e. The van der Waals surface area contributed by atoms with E-state index in [1.54, 1.807) is 35.9 Å². The van der Waals surface area contributed by atoms with E-state index < -0.39 is 11.9 Å². The first kappa shape index (κ1) is 35.0. The fourth-order valence-electron chi connectivity index (χ4n) is 8.11. The lowest BCUT2D eigenvalue weighted by Gasteiger charge is -2.34. The summed E-state index contributed by atoms with van der Waals surface area (Å²) in [4.78, 5) is 59.3. The quantitative estimate of drug-likeness (QED) is 0.0793. The number of nitrogens with one attached hydrogen (secondary N) is 1. The zero-order chi connectivity index (χ0) is 37.3. The van der Waals surface area contributed by atoms with Crippen molar-refractivity contribution in [3.8, 4) is 5.75 Å². The highest BCUT2D eigenvalue weighted by molar-refractivity contribution is 6.06. The summed E-state index contributed by atoms with van der Waals surface area (Å²) in [5.41, 5.74) is 4.52. The number of piperazine rings is 1. The number of phenolic OH excluding ortho intramolecular Hbond substituents is 1. The van der Waals surface area contributed by atoms with Gasteiger partial charge in [0, 0.05) is 57.1 Å². The van der Waals surface area contributed by atoms with Crippen LogP contribution in [0.25, 0.3) is 11.0 Å². The molecule has 14 heteroatoms. The number of anilines is 1. The summed E-state index contributed by atoms with van der Waals surface area (Å²) >= 11 is 0. The number of unbranched alkanes of at least 4 members (excludes halogenated alkanes) is 2. The summed E-state index contributed by atoms with van der Waals surface area (Å²) in [6.07, 6.45) is 11.6. The van der Waals surface area contributed by atoms with Crippen molar-refractivity contribution >= 4 is 34.4 Å². The predicted octanol–water partition coefficient (Wildman–Crippen LogP) is 3.67. The average molecular weight is 730 g/mol. The van der Waals surface area contributed by atoms with Crippen molar-refractivity contribution in [1.29, 1.82) is 0 Å². The number of aromatic hydroxyl groups is 1. The van der Waals surface area contributed by atoms with Crippen LogP contribution in [0.3, 0.4) is 0 Å². The highest BCUT2D eigenvalue weighted by atomic mass is 16.3. The number of piperidine rings is 1. The molecule has 14 nitrogen and oxygen atoms in total. The number of nitrogens with zero attached hydrogens (tertiary/aromatic N) is 8. The number of likely N-dealkylation sites (tertiary alicyclic amines) is 1. The molecule has 3 aliphatic heterocycles. The van der Waals surface area contributed by atoms with E-state index in [0.29, 0.717) is 36.1 Å². The summed E-state index contributed by atoms with van der Waals surface area (Å²) in [5.74, 6) is 0.00255. The number of rotatable bonds is 13. The minimum atomic E-state index is -0.686. The van der Waals surface area contributed by atoms with Crippen LogP contribution < -0.4 is 15.9 Å². The molecule has 2 bridgehead atoms. The summed E-state index contributed by atoms with van der Waals surface area (Å²) in [6, 6.07) is 18.6. The van der Waals surface area contributed by atoms with Crippen molar-refractivity contribution in [2.24, 2.45) is 7.05 Å². The van der Waals surface area contributed by atoms with Gasteiger partial charge in [-0.3, -0.25) is 28.8 Å². The SMILES string of the molecule is Cn1c(=O)n(C2CCC(=O)NC2=O)c2ccc(CCCCCc3cn(Cc4cccc(N5C[C@H]6C[C@@H]5CN6/C=C/C(=O)c5ccccc5O)n4)nn3)cc21. The summed E-state index contributed by atoms with van der Waals surface area (Å²) in [6.45, 7) is 2.17. The van der Waals surface area contributed by atoms with Gasteiger partial charge in [0.15, 0.2) is 5.78 Å². The maximum absolute atomic E-state index is 13.1. The normalized spacial score (nSPS) is 19.8. The van der Waals surface area contributed by atoms with Gasteiger partial charge in [0.1, 0.15) is 17.6 Å². The number of hydrogen-bond donors (Lipinski definition) is 2. The molecule has 0 radical (unpaired) electrons. The van der Waals surface area contributed by atoms with E-state index in [0.717, 1.165) is 79.9 Å². The molecule has 54 heavy (non-hydrogen) atoms. The van der Waals surface area contributed by atoms with Gasteiger partial charge < -0.3 is 14.9 Å². The van der Waals surface area contributed by atoms with Gasteiger partial charge in [0.05, 0.1) is 34.5 Å². The van der Waals surface area contributed by atoms with Crippen molar-refractivity contribution in [3.05, 3.63) is 112 Å². The molecular formula is C40H43N9O5. The minimum Gasteiger partial charge on any atom is -0.507 e. The largest absolute Gasteiger partial charge is 0.507 e. The van der Waals surface area contributed by atoms with Crippen LogP contribution in [0.4, 0.5) is 5.82 Å². The van der Waals surface area contributed by atoms with Crippen LogP contribution in [0.2, 0.25) is 0 Å². The van der Waals surface area contributed by atoms with E-state index in [2.05, 4.69) is 31.5 Å². The monoisotopic (exact) mass is 729 g/mol. The Labute approximate surface area is 311 Å². The van der Waals surface area contributed by atoms with Crippen molar-refractivity contribution in [2.45, 2.75) is 76.0 Å². The van der Waals surface area contributed by atoms with E-state index in [4.69, 9.17) is 4.98 Å². The summed E-state index contributed by atoms with van der Waals surface area (Å²) in [5, 5.41) is 21.1. The Morgan fingerprint density at radius 3 is 2.61 bits per heavy atom. The van der Waals surface area contributed by atoms with E-state index in [9.17, 15) is 24.3 Å². The standard InChI is InChI=1S/C40H43N9O5/c1-45-34-20-26(14-15-32(34)49(40(45)54)33-16-17-38(52)42-39(33)53)8-3-2-4-9-28-23-47(44-43-28)22-27-10-7-13-37(41-27)48-25-29-21-30(48)24-46(29)19-18-36(51)31-11-5-6-12-35(31)50/h5-7,10-15,18-20,23,29-30,33,50H,2-4,8-9,16-17,21-22,24-25H2,1H3,(H,42,52,53)/b19-18+/t29-,30-,33?/m1/s1. The van der Waals surface area contributed by atoms with E-state index in [1.165, 1.54) is 10.6 Å². The van der Waals surface area contributed by atoms with Crippen LogP contribution in [0, 0.1) is 0 Å². The van der Waals surface area contributed by atoms with Gasteiger partial charge in [-0.1, -0.05) is 35.9 Å². The van der Waals surface area contributed by atoms with Crippen LogP contribution in [0.1, 0.15) is 71.9 Å². The van der Waals surface area contributed by atoms with Gasteiger partial charge in [0.2, 0.25) is 11.8 Å². The number of para-hydroxylation sites is 1. The Kier molecular flexibility index (Phi) is 9.57. The molecule has 2 N–H and O–H groups in total. The molecule has 278 valence electrons. The minimum absolute atomic E-state index is 0.00689. The molecule has 3 aromatic heterocycles. The van der Waals surface area contributed by atoms with Crippen molar-refractivity contribution in [1.82, 2.24) is 39.3 Å². The fourth-order valence-corrected chi connectivity index (χ4v) is 8.11. The van der Waals surface area contributed by atoms with Gasteiger partial charge in [0.25, 0.3) is 0 Å². The van der Waals surface area contributed by atoms with Crippen molar-refractivity contribution in [3.63, 3.8) is 0 Å². The number of hydrogen-bond acceptors (Lipinski definition) is 10. The van der Waals surface area contributed by atoms with E-state index in [1.807, 2.05) is 47.4 Å². The molecule has 0 spiro atoms. The third-order valence-electron chi connectivity index (χ3n) is 10.9. The summed E-state index contributed by atoms with van der Waals surface area (Å²) in [7, 11) is 1.72. The smallest absolute Gasteiger partial charge is 0.329 e. The number of fused-ring (bicyclic) bond motifs is 3. The Morgan fingerprint density at radius 1 is 0.944 bits per heavy atom. The van der Waals surface area contributed by atoms with Crippen LogP contribution in [-0.2, 0) is 36.0 Å². The lowest BCUT2D eigenvalue weighted by atomic mass is 10.0. The van der Waals surface area contributed by atoms with Crippen molar-refractivity contribution in [2.75, 3.05) is 18.0 Å². The Bertz CT molecular complexity index is 2320. The molecule has 2 aromatic carbocycles. The highest BCUT2D eigenvalue weighted by Gasteiger charge is 2.42. The third-order valence-corrected chi connectivity index (χ3v) is 10.9. The molecule has 2 amide bonds. The third kappa shape index (κ3) is 7.03. The molecule has 0 aliphatic carbocycles. The van der Waals surface area contributed by atoms with Gasteiger partial charge >= 0.3 is 5.69 Å². The number of aryl methyl sites for hydroxylation is 3. The molecular weight excluding hydrogens is 686 g/mol. The van der Waals surface area contributed by atoms with Crippen LogP contribution in [0.5, 0.6) is 5.75 Å². The first-order chi connectivity index (χ1) is 26.2. The van der Waals surface area contributed by atoms with Gasteiger partial charge in [-0.25, -0.2) is 14.5 Å². The number of imide groups is 1. The number of phenols is 1. The number of carbonyl (C=O) groups excluding carboxylic acids is 3. The second kappa shape index (κ2) is 14.8. The number of aromatic nitrogens is 6. The summed E-state index contributed by atoms with van der Waals surface area (Å²) < 4.78 is 4.93. The predicted molar refractivity (Wildman–Crippen MR) is 201 cm³/mol. The van der Waals surface area contributed by atoms with Crippen LogP contribution >= 0.6 is 0 Å². The molecule has 3 aliphatic rings.